The molecule has 2 rings (SSSR count). The van der Waals surface area contributed by atoms with Gasteiger partial charge in [0.05, 0.1) is 0 Å². The third-order valence-electron chi connectivity index (χ3n) is 3.74. The van der Waals surface area contributed by atoms with Gasteiger partial charge in [0.15, 0.2) is 0 Å². The highest BCUT2D eigenvalue weighted by atomic mass is 19.4. The lowest BCUT2D eigenvalue weighted by Gasteiger charge is -2.28. The summed E-state index contributed by atoms with van der Waals surface area (Å²) in [6.45, 7) is 2.88. The van der Waals surface area contributed by atoms with Gasteiger partial charge >= 0.3 is 6.18 Å². The third-order valence-corrected chi connectivity index (χ3v) is 3.74. The molecular formula is C14H20F3N3. The van der Waals surface area contributed by atoms with Gasteiger partial charge < -0.3 is 10.2 Å². The summed E-state index contributed by atoms with van der Waals surface area (Å²) in [7, 11) is 2.11. The van der Waals surface area contributed by atoms with Crippen molar-refractivity contribution in [3.8, 4) is 0 Å². The number of piperidine rings is 1. The Morgan fingerprint density at radius 1 is 1.30 bits per heavy atom. The lowest BCUT2D eigenvalue weighted by atomic mass is 9.94. The molecule has 1 aliphatic heterocycles. The molecule has 1 saturated heterocycles. The maximum Gasteiger partial charge on any atom is 0.433 e. The molecule has 1 aromatic rings. The zero-order valence-corrected chi connectivity index (χ0v) is 11.6. The van der Waals surface area contributed by atoms with Gasteiger partial charge in [-0.15, -0.1) is 0 Å². The SMILES string of the molecule is CN1CCC(CCNc2cccc(C(F)(F)F)n2)CC1. The molecule has 20 heavy (non-hydrogen) atoms. The number of pyridine rings is 1. The van der Waals surface area contributed by atoms with Crippen molar-refractivity contribution in [2.75, 3.05) is 32.0 Å². The van der Waals surface area contributed by atoms with Crippen molar-refractivity contribution >= 4 is 5.82 Å². The number of anilines is 1. The van der Waals surface area contributed by atoms with Crippen LogP contribution in [0.4, 0.5) is 19.0 Å². The van der Waals surface area contributed by atoms with Crippen molar-refractivity contribution in [3.63, 3.8) is 0 Å². The lowest BCUT2D eigenvalue weighted by Crippen LogP contribution is -2.30. The van der Waals surface area contributed by atoms with Gasteiger partial charge in [0.25, 0.3) is 0 Å². The van der Waals surface area contributed by atoms with Crippen LogP contribution < -0.4 is 5.32 Å². The van der Waals surface area contributed by atoms with Gasteiger partial charge in [0.2, 0.25) is 0 Å². The molecule has 0 aliphatic carbocycles. The second-order valence-electron chi connectivity index (χ2n) is 5.37. The molecule has 112 valence electrons. The first-order chi connectivity index (χ1) is 9.45. The van der Waals surface area contributed by atoms with E-state index in [9.17, 15) is 13.2 Å². The summed E-state index contributed by atoms with van der Waals surface area (Å²) in [5, 5.41) is 2.99. The number of likely N-dealkylation sites (tertiary alicyclic amines) is 1. The van der Waals surface area contributed by atoms with E-state index in [1.807, 2.05) is 0 Å². The smallest absolute Gasteiger partial charge is 0.370 e. The van der Waals surface area contributed by atoms with E-state index in [0.29, 0.717) is 18.3 Å². The molecule has 1 aliphatic rings. The van der Waals surface area contributed by atoms with Gasteiger partial charge in [-0.2, -0.15) is 13.2 Å². The molecule has 1 fully saturated rings. The maximum atomic E-state index is 12.5. The van der Waals surface area contributed by atoms with Gasteiger partial charge in [-0.3, -0.25) is 0 Å². The Bertz CT molecular complexity index is 426. The van der Waals surface area contributed by atoms with Crippen LogP contribution in [-0.2, 0) is 6.18 Å². The number of hydrogen-bond donors (Lipinski definition) is 1. The van der Waals surface area contributed by atoms with Crippen LogP contribution in [0.3, 0.4) is 0 Å². The van der Waals surface area contributed by atoms with Crippen molar-refractivity contribution < 1.29 is 13.2 Å². The van der Waals surface area contributed by atoms with E-state index < -0.39 is 11.9 Å². The fraction of sp³-hybridized carbons (Fsp3) is 0.643. The summed E-state index contributed by atoms with van der Waals surface area (Å²) in [5.74, 6) is 0.956. The van der Waals surface area contributed by atoms with Crippen molar-refractivity contribution in [1.29, 1.82) is 0 Å². The number of alkyl halides is 3. The fourth-order valence-electron chi connectivity index (χ4n) is 2.45. The van der Waals surface area contributed by atoms with Crippen molar-refractivity contribution in [2.24, 2.45) is 5.92 Å². The summed E-state index contributed by atoms with van der Waals surface area (Å²) in [6, 6.07) is 3.94. The Kier molecular flexibility index (Phi) is 4.86. The number of rotatable bonds is 4. The second kappa shape index (κ2) is 6.43. The van der Waals surface area contributed by atoms with E-state index in [4.69, 9.17) is 0 Å². The van der Waals surface area contributed by atoms with E-state index >= 15 is 0 Å². The first kappa shape index (κ1) is 15.1. The van der Waals surface area contributed by atoms with Crippen LogP contribution in [0, 0.1) is 5.92 Å². The molecule has 0 spiro atoms. The number of aromatic nitrogens is 1. The van der Waals surface area contributed by atoms with E-state index in [-0.39, 0.29) is 0 Å². The zero-order chi connectivity index (χ0) is 14.6. The monoisotopic (exact) mass is 287 g/mol. The molecule has 1 aromatic heterocycles. The van der Waals surface area contributed by atoms with Crippen LogP contribution in [-0.4, -0.2) is 36.6 Å². The topological polar surface area (TPSA) is 28.2 Å². The molecule has 2 heterocycles. The molecule has 0 saturated carbocycles. The van der Waals surface area contributed by atoms with E-state index in [1.165, 1.54) is 6.07 Å². The first-order valence-electron chi connectivity index (χ1n) is 6.92. The predicted molar refractivity (Wildman–Crippen MR) is 72.6 cm³/mol. The average molecular weight is 287 g/mol. The summed E-state index contributed by atoms with van der Waals surface area (Å²) < 4.78 is 37.6. The van der Waals surface area contributed by atoms with E-state index in [0.717, 1.165) is 38.4 Å². The molecule has 1 N–H and O–H groups in total. The van der Waals surface area contributed by atoms with Crippen LogP contribution in [0.1, 0.15) is 25.0 Å². The first-order valence-corrected chi connectivity index (χ1v) is 6.92. The number of halogens is 3. The molecule has 0 atom stereocenters. The zero-order valence-electron chi connectivity index (χ0n) is 11.6. The second-order valence-corrected chi connectivity index (χ2v) is 5.37. The van der Waals surface area contributed by atoms with Gasteiger partial charge in [0.1, 0.15) is 11.5 Å². The Hall–Kier alpha value is -1.30. The number of nitrogens with one attached hydrogen (secondary N) is 1. The standard InChI is InChI=1S/C14H20F3N3/c1-20-9-6-11(7-10-20)5-8-18-13-4-2-3-12(19-13)14(15,16)17/h2-4,11H,5-10H2,1H3,(H,18,19). The Morgan fingerprint density at radius 3 is 2.65 bits per heavy atom. The molecule has 0 radical (unpaired) electrons. The minimum Gasteiger partial charge on any atom is -0.370 e. The van der Waals surface area contributed by atoms with Gasteiger partial charge in [-0.25, -0.2) is 4.98 Å². The van der Waals surface area contributed by atoms with Gasteiger partial charge in [0, 0.05) is 6.54 Å². The van der Waals surface area contributed by atoms with Crippen molar-refractivity contribution in [1.82, 2.24) is 9.88 Å². The summed E-state index contributed by atoms with van der Waals surface area (Å²) >= 11 is 0. The molecule has 6 heteroatoms. The lowest BCUT2D eigenvalue weighted by molar-refractivity contribution is -0.141. The van der Waals surface area contributed by atoms with Gasteiger partial charge in [-0.05, 0) is 57.5 Å². The van der Waals surface area contributed by atoms with Gasteiger partial charge in [-0.1, -0.05) is 6.07 Å². The average Bonchev–Trinajstić information content (AvgIpc) is 2.40. The summed E-state index contributed by atoms with van der Waals surface area (Å²) in [5.41, 5.74) is -0.846. The van der Waals surface area contributed by atoms with Crippen molar-refractivity contribution in [2.45, 2.75) is 25.4 Å². The Balaban J connectivity index is 1.79. The quantitative estimate of drug-likeness (QED) is 0.921. The highest BCUT2D eigenvalue weighted by Gasteiger charge is 2.32. The van der Waals surface area contributed by atoms with Crippen LogP contribution in [0.25, 0.3) is 0 Å². The normalized spacial score (nSPS) is 18.2. The third kappa shape index (κ3) is 4.37. The molecular weight excluding hydrogens is 267 g/mol. The number of hydrogen-bond acceptors (Lipinski definition) is 3. The van der Waals surface area contributed by atoms with Crippen LogP contribution in [0.2, 0.25) is 0 Å². The minimum absolute atomic E-state index is 0.299. The van der Waals surface area contributed by atoms with Crippen LogP contribution >= 0.6 is 0 Å². The van der Waals surface area contributed by atoms with Crippen LogP contribution in [0.5, 0.6) is 0 Å². The maximum absolute atomic E-state index is 12.5. The van der Waals surface area contributed by atoms with E-state index in [1.54, 1.807) is 6.07 Å². The molecule has 0 aromatic carbocycles. The predicted octanol–water partition coefficient (Wildman–Crippen LogP) is 3.24. The van der Waals surface area contributed by atoms with Crippen molar-refractivity contribution in [3.05, 3.63) is 23.9 Å². The Labute approximate surface area is 117 Å². The molecule has 0 unspecified atom stereocenters. The fourth-order valence-corrected chi connectivity index (χ4v) is 2.45. The molecule has 0 amide bonds. The minimum atomic E-state index is -4.38. The summed E-state index contributed by atoms with van der Waals surface area (Å²) in [6.07, 6.45) is -1.08. The van der Waals surface area contributed by atoms with E-state index in [2.05, 4.69) is 22.2 Å². The highest BCUT2D eigenvalue weighted by molar-refractivity contribution is 5.35. The molecule has 3 nitrogen and oxygen atoms in total. The summed E-state index contributed by atoms with van der Waals surface area (Å²) in [4.78, 5) is 5.90. The number of nitrogens with zero attached hydrogens (tertiary/aromatic N) is 2. The highest BCUT2D eigenvalue weighted by Crippen LogP contribution is 2.28. The molecule has 0 bridgehead atoms. The van der Waals surface area contributed by atoms with Crippen LogP contribution in [0.15, 0.2) is 18.2 Å². The Morgan fingerprint density at radius 2 is 2.00 bits per heavy atom. The largest absolute Gasteiger partial charge is 0.433 e.